The average molecular weight is 231 g/mol. The first kappa shape index (κ1) is 10.3. The Labute approximate surface area is 99.3 Å². The van der Waals surface area contributed by atoms with Gasteiger partial charge in [0.1, 0.15) is 5.82 Å². The number of alkyl halides is 1. The highest BCUT2D eigenvalue weighted by molar-refractivity contribution is 5.62. The molecule has 0 aliphatic carbocycles. The second kappa shape index (κ2) is 3.87. The van der Waals surface area contributed by atoms with Gasteiger partial charge in [0.05, 0.1) is 0 Å². The van der Waals surface area contributed by atoms with Crippen molar-refractivity contribution in [2.45, 2.75) is 12.6 Å². The maximum atomic E-state index is 14.5. The summed E-state index contributed by atoms with van der Waals surface area (Å²) in [5.74, 6) is 0.451. The van der Waals surface area contributed by atoms with Crippen molar-refractivity contribution in [2.75, 3.05) is 11.9 Å². The minimum Gasteiger partial charge on any atom is -0.384 e. The van der Waals surface area contributed by atoms with Crippen LogP contribution in [-0.4, -0.2) is 16.1 Å². The number of anilines is 1. The van der Waals surface area contributed by atoms with Crippen molar-refractivity contribution >= 4 is 5.69 Å². The standard InChI is InChI=1S/C13H14FN3/c1-17-8-7-16-13(17)11(14)10-4-2-3-9-5-6-15-12(9)10/h2-4,7-8,11,15H,5-6H2,1H3. The number of fused-ring (bicyclic) bond motifs is 1. The molecule has 1 N–H and O–H groups in total. The molecule has 3 rings (SSSR count). The monoisotopic (exact) mass is 231 g/mol. The van der Waals surface area contributed by atoms with Crippen LogP contribution in [-0.2, 0) is 13.5 Å². The lowest BCUT2D eigenvalue weighted by molar-refractivity contribution is 0.377. The summed E-state index contributed by atoms with van der Waals surface area (Å²) >= 11 is 0. The smallest absolute Gasteiger partial charge is 0.185 e. The van der Waals surface area contributed by atoms with E-state index in [-0.39, 0.29) is 0 Å². The summed E-state index contributed by atoms with van der Waals surface area (Å²) in [6.45, 7) is 0.889. The second-order valence-electron chi connectivity index (χ2n) is 4.32. The number of aryl methyl sites for hydroxylation is 1. The van der Waals surface area contributed by atoms with E-state index in [1.54, 1.807) is 17.0 Å². The van der Waals surface area contributed by atoms with E-state index < -0.39 is 6.17 Å². The molecule has 1 atom stereocenters. The lowest BCUT2D eigenvalue weighted by atomic mass is 10.0. The van der Waals surface area contributed by atoms with Gasteiger partial charge in [-0.15, -0.1) is 0 Å². The fraction of sp³-hybridized carbons (Fsp3) is 0.308. The lowest BCUT2D eigenvalue weighted by Gasteiger charge is -2.13. The van der Waals surface area contributed by atoms with E-state index >= 15 is 0 Å². The summed E-state index contributed by atoms with van der Waals surface area (Å²) < 4.78 is 16.2. The van der Waals surface area contributed by atoms with Gasteiger partial charge in [-0.25, -0.2) is 9.37 Å². The van der Waals surface area contributed by atoms with Crippen molar-refractivity contribution in [3.8, 4) is 0 Å². The third-order valence-electron chi connectivity index (χ3n) is 3.24. The van der Waals surface area contributed by atoms with Crippen LogP contribution in [0.4, 0.5) is 10.1 Å². The van der Waals surface area contributed by atoms with Gasteiger partial charge in [-0.05, 0) is 12.0 Å². The zero-order valence-electron chi connectivity index (χ0n) is 9.65. The van der Waals surface area contributed by atoms with E-state index in [0.717, 1.165) is 18.7 Å². The summed E-state index contributed by atoms with van der Waals surface area (Å²) in [5, 5.41) is 3.25. The highest BCUT2D eigenvalue weighted by atomic mass is 19.1. The Hall–Kier alpha value is -1.84. The van der Waals surface area contributed by atoms with Gasteiger partial charge in [-0.1, -0.05) is 18.2 Å². The molecule has 3 nitrogen and oxygen atoms in total. The fourth-order valence-electron chi connectivity index (χ4n) is 2.34. The van der Waals surface area contributed by atoms with Gasteiger partial charge >= 0.3 is 0 Å². The maximum absolute atomic E-state index is 14.5. The number of hydrogen-bond donors (Lipinski definition) is 1. The number of halogens is 1. The molecule has 0 saturated carbocycles. The molecule has 88 valence electrons. The van der Waals surface area contributed by atoms with Gasteiger partial charge in [0.15, 0.2) is 6.17 Å². The molecule has 0 bridgehead atoms. The molecule has 0 spiro atoms. The van der Waals surface area contributed by atoms with Crippen molar-refractivity contribution in [1.82, 2.24) is 9.55 Å². The Kier molecular flexibility index (Phi) is 2.35. The van der Waals surface area contributed by atoms with Crippen LogP contribution in [0, 0.1) is 0 Å². The van der Waals surface area contributed by atoms with E-state index in [1.165, 1.54) is 5.56 Å². The molecule has 2 heterocycles. The highest BCUT2D eigenvalue weighted by Crippen LogP contribution is 2.35. The van der Waals surface area contributed by atoms with Gasteiger partial charge in [-0.3, -0.25) is 0 Å². The van der Waals surface area contributed by atoms with E-state index in [9.17, 15) is 4.39 Å². The number of benzene rings is 1. The van der Waals surface area contributed by atoms with Crippen molar-refractivity contribution < 1.29 is 4.39 Å². The molecule has 1 aromatic carbocycles. The molecule has 17 heavy (non-hydrogen) atoms. The minimum atomic E-state index is -1.17. The van der Waals surface area contributed by atoms with Crippen LogP contribution in [0.15, 0.2) is 30.6 Å². The summed E-state index contributed by atoms with van der Waals surface area (Å²) in [4.78, 5) is 4.08. The minimum absolute atomic E-state index is 0.451. The predicted octanol–water partition coefficient (Wildman–Crippen LogP) is 2.45. The van der Waals surface area contributed by atoms with Gasteiger partial charge in [0.2, 0.25) is 0 Å². The molecule has 0 fully saturated rings. The van der Waals surface area contributed by atoms with Crippen molar-refractivity contribution in [3.63, 3.8) is 0 Å². The number of imidazole rings is 1. The van der Waals surface area contributed by atoms with Crippen LogP contribution in [0.5, 0.6) is 0 Å². The van der Waals surface area contributed by atoms with E-state index in [4.69, 9.17) is 0 Å². The molecule has 0 saturated heterocycles. The Balaban J connectivity index is 2.05. The molecule has 1 aliphatic heterocycles. The maximum Gasteiger partial charge on any atom is 0.185 e. The number of para-hydroxylation sites is 1. The summed E-state index contributed by atoms with van der Waals surface area (Å²) in [7, 11) is 1.81. The van der Waals surface area contributed by atoms with Crippen LogP contribution in [0.1, 0.15) is 23.1 Å². The van der Waals surface area contributed by atoms with Crippen molar-refractivity contribution in [3.05, 3.63) is 47.5 Å². The first-order chi connectivity index (χ1) is 8.27. The number of aromatic nitrogens is 2. The lowest BCUT2D eigenvalue weighted by Crippen LogP contribution is -2.05. The quantitative estimate of drug-likeness (QED) is 0.860. The second-order valence-corrected chi connectivity index (χ2v) is 4.32. The molecule has 2 aromatic rings. The molecular formula is C13H14FN3. The number of rotatable bonds is 2. The zero-order valence-corrected chi connectivity index (χ0v) is 9.65. The zero-order chi connectivity index (χ0) is 11.8. The molecule has 1 unspecified atom stereocenters. The van der Waals surface area contributed by atoms with Gasteiger partial charge in [-0.2, -0.15) is 0 Å². The Morgan fingerprint density at radius 2 is 2.35 bits per heavy atom. The SMILES string of the molecule is Cn1ccnc1C(F)c1cccc2c1NCC2. The molecule has 1 aromatic heterocycles. The molecule has 4 heteroatoms. The Morgan fingerprint density at radius 1 is 1.47 bits per heavy atom. The largest absolute Gasteiger partial charge is 0.384 e. The normalized spacial score (nSPS) is 15.4. The van der Waals surface area contributed by atoms with Crippen LogP contribution >= 0.6 is 0 Å². The molecule has 0 amide bonds. The van der Waals surface area contributed by atoms with Gasteiger partial charge < -0.3 is 9.88 Å². The molecular weight excluding hydrogens is 217 g/mol. The van der Waals surface area contributed by atoms with E-state index in [0.29, 0.717) is 11.4 Å². The van der Waals surface area contributed by atoms with Crippen LogP contribution < -0.4 is 5.32 Å². The van der Waals surface area contributed by atoms with Gasteiger partial charge in [0, 0.05) is 37.2 Å². The third kappa shape index (κ3) is 1.60. The van der Waals surface area contributed by atoms with E-state index in [1.807, 2.05) is 25.2 Å². The number of nitrogens with one attached hydrogen (secondary N) is 1. The van der Waals surface area contributed by atoms with Crippen LogP contribution in [0.2, 0.25) is 0 Å². The third-order valence-corrected chi connectivity index (χ3v) is 3.24. The van der Waals surface area contributed by atoms with E-state index in [2.05, 4.69) is 10.3 Å². The summed E-state index contributed by atoms with van der Waals surface area (Å²) in [6, 6.07) is 5.79. The van der Waals surface area contributed by atoms with Crippen LogP contribution in [0.25, 0.3) is 0 Å². The predicted molar refractivity (Wildman–Crippen MR) is 64.8 cm³/mol. The van der Waals surface area contributed by atoms with Crippen molar-refractivity contribution in [1.29, 1.82) is 0 Å². The fourth-order valence-corrected chi connectivity index (χ4v) is 2.34. The number of hydrogen-bond acceptors (Lipinski definition) is 2. The highest BCUT2D eigenvalue weighted by Gasteiger charge is 2.23. The first-order valence-corrected chi connectivity index (χ1v) is 5.74. The number of nitrogens with zero attached hydrogens (tertiary/aromatic N) is 2. The first-order valence-electron chi connectivity index (χ1n) is 5.74. The van der Waals surface area contributed by atoms with Crippen LogP contribution in [0.3, 0.4) is 0 Å². The molecule has 1 aliphatic rings. The topological polar surface area (TPSA) is 29.9 Å². The van der Waals surface area contributed by atoms with Crippen molar-refractivity contribution in [2.24, 2.45) is 7.05 Å². The summed E-state index contributed by atoms with van der Waals surface area (Å²) in [6.07, 6.45) is 3.18. The summed E-state index contributed by atoms with van der Waals surface area (Å²) in [5.41, 5.74) is 2.83. The average Bonchev–Trinajstić information content (AvgIpc) is 2.95. The van der Waals surface area contributed by atoms with Gasteiger partial charge in [0.25, 0.3) is 0 Å². The Morgan fingerprint density at radius 3 is 3.12 bits per heavy atom. The molecule has 0 radical (unpaired) electrons. The Bertz CT molecular complexity index is 547.